The molecule has 0 aliphatic carbocycles. The molecular formula is C12H16N4S. The van der Waals surface area contributed by atoms with Gasteiger partial charge in [-0.15, -0.1) is 11.3 Å². The molecule has 1 fully saturated rings. The van der Waals surface area contributed by atoms with Crippen LogP contribution in [0.2, 0.25) is 0 Å². The van der Waals surface area contributed by atoms with Gasteiger partial charge in [0.2, 0.25) is 0 Å². The summed E-state index contributed by atoms with van der Waals surface area (Å²) < 4.78 is 0. The van der Waals surface area contributed by atoms with E-state index in [1.165, 1.54) is 5.39 Å². The van der Waals surface area contributed by atoms with Crippen LogP contribution < -0.4 is 10.2 Å². The number of piperazine rings is 1. The molecule has 2 atom stereocenters. The third-order valence-corrected chi connectivity index (χ3v) is 3.92. The van der Waals surface area contributed by atoms with E-state index in [0.717, 1.165) is 23.7 Å². The third kappa shape index (κ3) is 2.00. The van der Waals surface area contributed by atoms with E-state index in [2.05, 4.69) is 45.5 Å². The number of thiophene rings is 1. The molecule has 0 bridgehead atoms. The zero-order valence-corrected chi connectivity index (χ0v) is 10.9. The molecule has 4 nitrogen and oxygen atoms in total. The first kappa shape index (κ1) is 10.9. The maximum atomic E-state index is 4.47. The highest BCUT2D eigenvalue weighted by atomic mass is 32.1. The predicted octanol–water partition coefficient (Wildman–Crippen LogP) is 1.88. The normalized spacial score (nSPS) is 25.4. The van der Waals surface area contributed by atoms with Gasteiger partial charge in [-0.1, -0.05) is 0 Å². The lowest BCUT2D eigenvalue weighted by molar-refractivity contribution is 0.406. The Hall–Kier alpha value is -1.20. The van der Waals surface area contributed by atoms with E-state index in [1.54, 1.807) is 17.7 Å². The highest BCUT2D eigenvalue weighted by Crippen LogP contribution is 2.27. The highest BCUT2D eigenvalue weighted by Gasteiger charge is 2.23. The minimum Gasteiger partial charge on any atom is -0.353 e. The molecule has 0 amide bonds. The Morgan fingerprint density at radius 1 is 1.29 bits per heavy atom. The fraction of sp³-hybridized carbons (Fsp3) is 0.500. The summed E-state index contributed by atoms with van der Waals surface area (Å²) in [6.07, 6.45) is 1.67. The van der Waals surface area contributed by atoms with Crippen LogP contribution in [-0.2, 0) is 0 Å². The van der Waals surface area contributed by atoms with Crippen molar-refractivity contribution in [3.63, 3.8) is 0 Å². The van der Waals surface area contributed by atoms with Gasteiger partial charge in [-0.25, -0.2) is 9.97 Å². The van der Waals surface area contributed by atoms with E-state index in [-0.39, 0.29) is 0 Å². The first-order valence-electron chi connectivity index (χ1n) is 5.93. The fourth-order valence-electron chi connectivity index (χ4n) is 2.53. The van der Waals surface area contributed by atoms with Gasteiger partial charge < -0.3 is 10.2 Å². The Labute approximate surface area is 105 Å². The van der Waals surface area contributed by atoms with Gasteiger partial charge in [-0.05, 0) is 25.3 Å². The number of anilines is 1. The van der Waals surface area contributed by atoms with E-state index < -0.39 is 0 Å². The molecular weight excluding hydrogens is 232 g/mol. The van der Waals surface area contributed by atoms with Gasteiger partial charge in [0.15, 0.2) is 0 Å². The van der Waals surface area contributed by atoms with Crippen LogP contribution in [0.25, 0.3) is 10.2 Å². The van der Waals surface area contributed by atoms with E-state index in [0.29, 0.717) is 12.1 Å². The second-order valence-electron chi connectivity index (χ2n) is 4.71. The van der Waals surface area contributed by atoms with Gasteiger partial charge in [0.25, 0.3) is 0 Å². The fourth-order valence-corrected chi connectivity index (χ4v) is 3.26. The minimum absolute atomic E-state index is 0.502. The van der Waals surface area contributed by atoms with E-state index in [4.69, 9.17) is 0 Å². The minimum atomic E-state index is 0.502. The number of nitrogens with zero attached hydrogens (tertiary/aromatic N) is 3. The Morgan fingerprint density at radius 3 is 2.82 bits per heavy atom. The summed E-state index contributed by atoms with van der Waals surface area (Å²) >= 11 is 1.67. The van der Waals surface area contributed by atoms with Crippen LogP contribution >= 0.6 is 11.3 Å². The SMILES string of the molecule is CC1CN(c2ncnc3sccc23)CC(C)N1. The second kappa shape index (κ2) is 4.23. The molecule has 1 N–H and O–H groups in total. The van der Waals surface area contributed by atoms with Crippen LogP contribution in [0.3, 0.4) is 0 Å². The van der Waals surface area contributed by atoms with Gasteiger partial charge >= 0.3 is 0 Å². The van der Waals surface area contributed by atoms with E-state index in [1.807, 2.05) is 0 Å². The molecule has 1 aliphatic heterocycles. The molecule has 0 spiro atoms. The number of hydrogen-bond acceptors (Lipinski definition) is 5. The maximum absolute atomic E-state index is 4.47. The molecule has 2 aromatic rings. The average Bonchev–Trinajstić information content (AvgIpc) is 2.75. The molecule has 90 valence electrons. The molecule has 0 aromatic carbocycles. The Kier molecular flexibility index (Phi) is 2.72. The van der Waals surface area contributed by atoms with Crippen molar-refractivity contribution in [2.45, 2.75) is 25.9 Å². The molecule has 17 heavy (non-hydrogen) atoms. The zero-order chi connectivity index (χ0) is 11.8. The van der Waals surface area contributed by atoms with Gasteiger partial charge in [-0.2, -0.15) is 0 Å². The van der Waals surface area contributed by atoms with Crippen molar-refractivity contribution >= 4 is 27.4 Å². The van der Waals surface area contributed by atoms with Crippen molar-refractivity contribution in [2.75, 3.05) is 18.0 Å². The molecule has 5 heteroatoms. The summed E-state index contributed by atoms with van der Waals surface area (Å²) in [4.78, 5) is 12.2. The van der Waals surface area contributed by atoms with Crippen molar-refractivity contribution in [1.29, 1.82) is 0 Å². The first-order valence-corrected chi connectivity index (χ1v) is 6.81. The molecule has 0 saturated carbocycles. The number of fused-ring (bicyclic) bond motifs is 1. The van der Waals surface area contributed by atoms with Crippen molar-refractivity contribution in [3.8, 4) is 0 Å². The molecule has 0 radical (unpaired) electrons. The molecule has 3 heterocycles. The smallest absolute Gasteiger partial charge is 0.140 e. The average molecular weight is 248 g/mol. The summed E-state index contributed by atoms with van der Waals surface area (Å²) in [6.45, 7) is 6.45. The van der Waals surface area contributed by atoms with Crippen LogP contribution in [0.15, 0.2) is 17.8 Å². The van der Waals surface area contributed by atoms with Crippen molar-refractivity contribution in [2.24, 2.45) is 0 Å². The lowest BCUT2D eigenvalue weighted by Crippen LogP contribution is -2.54. The number of nitrogens with one attached hydrogen (secondary N) is 1. The molecule has 1 aliphatic rings. The quantitative estimate of drug-likeness (QED) is 0.836. The molecule has 2 aromatic heterocycles. The van der Waals surface area contributed by atoms with E-state index in [9.17, 15) is 0 Å². The van der Waals surface area contributed by atoms with E-state index >= 15 is 0 Å². The van der Waals surface area contributed by atoms with Crippen LogP contribution in [0, 0.1) is 0 Å². The number of aromatic nitrogens is 2. The summed E-state index contributed by atoms with van der Waals surface area (Å²) in [7, 11) is 0. The van der Waals surface area contributed by atoms with Gasteiger partial charge in [0.05, 0.1) is 5.39 Å². The topological polar surface area (TPSA) is 41.1 Å². The summed E-state index contributed by atoms with van der Waals surface area (Å²) in [5.41, 5.74) is 0. The third-order valence-electron chi connectivity index (χ3n) is 3.10. The van der Waals surface area contributed by atoms with Gasteiger partial charge in [-0.3, -0.25) is 0 Å². The maximum Gasteiger partial charge on any atom is 0.140 e. The summed E-state index contributed by atoms with van der Waals surface area (Å²) in [6, 6.07) is 3.12. The number of hydrogen-bond donors (Lipinski definition) is 1. The number of rotatable bonds is 1. The largest absolute Gasteiger partial charge is 0.353 e. The standard InChI is InChI=1S/C12H16N4S/c1-8-5-16(6-9(2)15-8)11-10-3-4-17-12(10)14-7-13-11/h3-4,7-9,15H,5-6H2,1-2H3. The van der Waals surface area contributed by atoms with Crippen molar-refractivity contribution < 1.29 is 0 Å². The molecule has 1 saturated heterocycles. The summed E-state index contributed by atoms with van der Waals surface area (Å²) in [5.74, 6) is 1.08. The van der Waals surface area contributed by atoms with Crippen molar-refractivity contribution in [1.82, 2.24) is 15.3 Å². The Bertz CT molecular complexity index is 514. The molecule has 2 unspecified atom stereocenters. The van der Waals surface area contributed by atoms with Crippen LogP contribution in [0.1, 0.15) is 13.8 Å². The van der Waals surface area contributed by atoms with Gasteiger partial charge in [0.1, 0.15) is 17.0 Å². The summed E-state index contributed by atoms with van der Waals surface area (Å²) in [5, 5.41) is 6.80. The lowest BCUT2D eigenvalue weighted by atomic mass is 10.1. The Morgan fingerprint density at radius 2 is 2.06 bits per heavy atom. The van der Waals surface area contributed by atoms with Gasteiger partial charge in [0, 0.05) is 25.2 Å². The lowest BCUT2D eigenvalue weighted by Gasteiger charge is -2.37. The van der Waals surface area contributed by atoms with Crippen LogP contribution in [0.4, 0.5) is 5.82 Å². The first-order chi connectivity index (χ1) is 8.24. The van der Waals surface area contributed by atoms with Crippen LogP contribution in [0.5, 0.6) is 0 Å². The monoisotopic (exact) mass is 248 g/mol. The predicted molar refractivity (Wildman–Crippen MR) is 71.7 cm³/mol. The van der Waals surface area contributed by atoms with Crippen molar-refractivity contribution in [3.05, 3.63) is 17.8 Å². The Balaban J connectivity index is 2.00. The van der Waals surface area contributed by atoms with Crippen LogP contribution in [-0.4, -0.2) is 35.1 Å². The second-order valence-corrected chi connectivity index (χ2v) is 5.61. The molecule has 3 rings (SSSR count). The zero-order valence-electron chi connectivity index (χ0n) is 10.1. The highest BCUT2D eigenvalue weighted by molar-refractivity contribution is 7.16.